The van der Waals surface area contributed by atoms with E-state index in [9.17, 15) is 0 Å². The first kappa shape index (κ1) is 13.1. The molecular formula is C15H22N2OS. The summed E-state index contributed by atoms with van der Waals surface area (Å²) >= 11 is 2.08. The summed E-state index contributed by atoms with van der Waals surface area (Å²) in [7, 11) is 0. The van der Waals surface area contributed by atoms with Gasteiger partial charge in [0, 0.05) is 30.1 Å². The molecule has 104 valence electrons. The molecule has 0 bridgehead atoms. The molecule has 19 heavy (non-hydrogen) atoms. The highest BCUT2D eigenvalue weighted by Crippen LogP contribution is 2.31. The molecule has 1 atom stereocenters. The van der Waals surface area contributed by atoms with E-state index < -0.39 is 0 Å². The van der Waals surface area contributed by atoms with Gasteiger partial charge in [-0.3, -0.25) is 4.90 Å². The molecule has 2 aliphatic heterocycles. The van der Waals surface area contributed by atoms with Gasteiger partial charge < -0.3 is 10.1 Å². The van der Waals surface area contributed by atoms with Crippen LogP contribution in [0.4, 0.5) is 5.69 Å². The number of nitrogens with one attached hydrogen (secondary N) is 1. The molecule has 0 aromatic heterocycles. The summed E-state index contributed by atoms with van der Waals surface area (Å²) < 4.78 is 6.47. The number of ether oxygens (including phenoxy) is 1. The molecule has 3 nitrogen and oxygen atoms in total. The van der Waals surface area contributed by atoms with Crippen molar-refractivity contribution in [3.8, 4) is 5.75 Å². The van der Waals surface area contributed by atoms with E-state index in [1.165, 1.54) is 12.3 Å². The lowest BCUT2D eigenvalue weighted by molar-refractivity contribution is 0.132. The number of rotatable bonds is 2. The highest BCUT2D eigenvalue weighted by atomic mass is 32.2. The number of hydrogen-bond acceptors (Lipinski definition) is 4. The van der Waals surface area contributed by atoms with Crippen molar-refractivity contribution in [2.24, 2.45) is 0 Å². The first-order valence-electron chi connectivity index (χ1n) is 6.98. The Morgan fingerprint density at radius 1 is 1.42 bits per heavy atom. The SMILES string of the molecule is CC1(C)CN(CC2CNc3ccccc3O2)CCS1. The first-order chi connectivity index (χ1) is 9.12. The Labute approximate surface area is 119 Å². The summed E-state index contributed by atoms with van der Waals surface area (Å²) in [6, 6.07) is 8.19. The number of para-hydroxylation sites is 2. The number of fused-ring (bicyclic) bond motifs is 1. The topological polar surface area (TPSA) is 24.5 Å². The summed E-state index contributed by atoms with van der Waals surface area (Å²) in [4.78, 5) is 2.54. The molecule has 3 rings (SSSR count). The van der Waals surface area contributed by atoms with E-state index in [0.717, 1.165) is 31.1 Å². The van der Waals surface area contributed by atoms with Crippen LogP contribution in [0.1, 0.15) is 13.8 Å². The molecule has 2 aliphatic rings. The average molecular weight is 278 g/mol. The lowest BCUT2D eigenvalue weighted by Crippen LogP contribution is -2.49. The van der Waals surface area contributed by atoms with Gasteiger partial charge in [-0.05, 0) is 26.0 Å². The van der Waals surface area contributed by atoms with Crippen molar-refractivity contribution in [1.29, 1.82) is 0 Å². The van der Waals surface area contributed by atoms with Crippen LogP contribution in [0.15, 0.2) is 24.3 Å². The second-order valence-electron chi connectivity index (χ2n) is 5.96. The molecule has 1 aromatic rings. The number of thioether (sulfide) groups is 1. The highest BCUT2D eigenvalue weighted by Gasteiger charge is 2.29. The first-order valence-corrected chi connectivity index (χ1v) is 7.97. The number of anilines is 1. The van der Waals surface area contributed by atoms with Gasteiger partial charge in [-0.25, -0.2) is 0 Å². The zero-order valence-corrected chi connectivity index (χ0v) is 12.5. The number of hydrogen-bond donors (Lipinski definition) is 1. The van der Waals surface area contributed by atoms with E-state index in [0.29, 0.717) is 4.75 Å². The maximum atomic E-state index is 6.09. The molecule has 0 radical (unpaired) electrons. The Bertz CT molecular complexity index is 450. The lowest BCUT2D eigenvalue weighted by atomic mass is 10.1. The van der Waals surface area contributed by atoms with E-state index >= 15 is 0 Å². The van der Waals surface area contributed by atoms with Crippen molar-refractivity contribution >= 4 is 17.4 Å². The van der Waals surface area contributed by atoms with Gasteiger partial charge in [-0.15, -0.1) is 0 Å². The fraction of sp³-hybridized carbons (Fsp3) is 0.600. The Hall–Kier alpha value is -0.870. The molecule has 0 spiro atoms. The van der Waals surface area contributed by atoms with Gasteiger partial charge in [0.05, 0.1) is 12.2 Å². The molecule has 2 heterocycles. The quantitative estimate of drug-likeness (QED) is 0.899. The third-order valence-electron chi connectivity index (χ3n) is 3.67. The summed E-state index contributed by atoms with van der Waals surface area (Å²) in [5.74, 6) is 2.22. The summed E-state index contributed by atoms with van der Waals surface area (Å²) in [6.45, 7) is 8.92. The van der Waals surface area contributed by atoms with Crippen LogP contribution >= 0.6 is 11.8 Å². The van der Waals surface area contributed by atoms with E-state index in [1.54, 1.807) is 0 Å². The predicted octanol–water partition coefficient (Wildman–Crippen LogP) is 2.69. The second-order valence-corrected chi connectivity index (χ2v) is 7.76. The number of benzene rings is 1. The normalized spacial score (nSPS) is 26.1. The minimum Gasteiger partial charge on any atom is -0.485 e. The van der Waals surface area contributed by atoms with Crippen molar-refractivity contribution in [1.82, 2.24) is 4.90 Å². The van der Waals surface area contributed by atoms with Crippen molar-refractivity contribution in [2.45, 2.75) is 24.7 Å². The maximum Gasteiger partial charge on any atom is 0.142 e. The molecule has 0 amide bonds. The smallest absolute Gasteiger partial charge is 0.142 e. The van der Waals surface area contributed by atoms with Crippen molar-refractivity contribution in [2.75, 3.05) is 37.2 Å². The molecule has 0 aliphatic carbocycles. The van der Waals surface area contributed by atoms with Crippen molar-refractivity contribution in [3.63, 3.8) is 0 Å². The molecule has 1 saturated heterocycles. The Balaban J connectivity index is 1.60. The van der Waals surface area contributed by atoms with Crippen LogP contribution in [0.2, 0.25) is 0 Å². The van der Waals surface area contributed by atoms with Gasteiger partial charge >= 0.3 is 0 Å². The zero-order chi connectivity index (χ0) is 13.3. The Morgan fingerprint density at radius 3 is 3.11 bits per heavy atom. The van der Waals surface area contributed by atoms with Crippen molar-refractivity contribution in [3.05, 3.63) is 24.3 Å². The average Bonchev–Trinajstić information content (AvgIpc) is 2.37. The monoisotopic (exact) mass is 278 g/mol. The summed E-state index contributed by atoms with van der Waals surface area (Å²) in [5.41, 5.74) is 1.12. The van der Waals surface area contributed by atoms with Crippen LogP contribution < -0.4 is 10.1 Å². The fourth-order valence-electron chi connectivity index (χ4n) is 2.82. The summed E-state index contributed by atoms with van der Waals surface area (Å²) in [5, 5.41) is 3.47. The van der Waals surface area contributed by atoms with Crippen LogP contribution in [0.3, 0.4) is 0 Å². The van der Waals surface area contributed by atoms with Crippen LogP contribution in [-0.4, -0.2) is 47.7 Å². The van der Waals surface area contributed by atoms with Gasteiger partial charge in [0.25, 0.3) is 0 Å². The van der Waals surface area contributed by atoms with E-state index in [-0.39, 0.29) is 6.10 Å². The zero-order valence-electron chi connectivity index (χ0n) is 11.7. The Kier molecular flexibility index (Phi) is 3.63. The van der Waals surface area contributed by atoms with Crippen LogP contribution in [0, 0.1) is 0 Å². The van der Waals surface area contributed by atoms with Crippen LogP contribution in [-0.2, 0) is 0 Å². The minimum absolute atomic E-state index is 0.258. The lowest BCUT2D eigenvalue weighted by Gasteiger charge is -2.39. The molecule has 0 saturated carbocycles. The van der Waals surface area contributed by atoms with Gasteiger partial charge in [0.1, 0.15) is 11.9 Å². The van der Waals surface area contributed by atoms with Gasteiger partial charge in [0.2, 0.25) is 0 Å². The van der Waals surface area contributed by atoms with Crippen LogP contribution in [0.5, 0.6) is 5.75 Å². The minimum atomic E-state index is 0.258. The standard InChI is InChI=1S/C15H22N2OS/c1-15(2)11-17(7-8-19-15)10-12-9-16-13-5-3-4-6-14(13)18-12/h3-6,12,16H,7-11H2,1-2H3. The highest BCUT2D eigenvalue weighted by molar-refractivity contribution is 8.00. The van der Waals surface area contributed by atoms with Gasteiger partial charge in [0.15, 0.2) is 0 Å². The molecule has 4 heteroatoms. The fourth-order valence-corrected chi connectivity index (χ4v) is 4.00. The Morgan fingerprint density at radius 2 is 2.26 bits per heavy atom. The third kappa shape index (κ3) is 3.18. The van der Waals surface area contributed by atoms with E-state index in [2.05, 4.69) is 41.9 Å². The molecular weight excluding hydrogens is 256 g/mol. The van der Waals surface area contributed by atoms with E-state index in [1.807, 2.05) is 18.2 Å². The number of nitrogens with zero attached hydrogens (tertiary/aromatic N) is 1. The van der Waals surface area contributed by atoms with Gasteiger partial charge in [-0.2, -0.15) is 11.8 Å². The molecule has 1 N–H and O–H groups in total. The molecule has 1 fully saturated rings. The largest absolute Gasteiger partial charge is 0.485 e. The van der Waals surface area contributed by atoms with E-state index in [4.69, 9.17) is 4.74 Å². The van der Waals surface area contributed by atoms with Crippen LogP contribution in [0.25, 0.3) is 0 Å². The third-order valence-corrected chi connectivity index (χ3v) is 4.96. The maximum absolute atomic E-state index is 6.09. The summed E-state index contributed by atoms with van der Waals surface area (Å²) in [6.07, 6.45) is 0.258. The van der Waals surface area contributed by atoms with Crippen molar-refractivity contribution < 1.29 is 4.74 Å². The van der Waals surface area contributed by atoms with Gasteiger partial charge in [-0.1, -0.05) is 12.1 Å². The predicted molar refractivity (Wildman–Crippen MR) is 82.3 cm³/mol. The molecule has 1 aromatic carbocycles. The molecule has 1 unspecified atom stereocenters. The second kappa shape index (κ2) is 5.25.